The van der Waals surface area contributed by atoms with Gasteiger partial charge in [-0.3, -0.25) is 14.9 Å². The molecule has 8 nitrogen and oxygen atoms in total. The van der Waals surface area contributed by atoms with E-state index in [0.717, 1.165) is 5.56 Å². The van der Waals surface area contributed by atoms with Gasteiger partial charge in [0.1, 0.15) is 22.8 Å². The maximum atomic E-state index is 13.2. The van der Waals surface area contributed by atoms with Crippen LogP contribution in [0.3, 0.4) is 0 Å². The van der Waals surface area contributed by atoms with Crippen molar-refractivity contribution in [1.82, 2.24) is 5.32 Å². The molecule has 166 valence electrons. The summed E-state index contributed by atoms with van der Waals surface area (Å²) in [4.78, 5) is 38.3. The van der Waals surface area contributed by atoms with Crippen LogP contribution in [0.25, 0.3) is 17.4 Å². The summed E-state index contributed by atoms with van der Waals surface area (Å²) in [5.74, 6) is -1.27. The first kappa shape index (κ1) is 22.0. The van der Waals surface area contributed by atoms with Crippen molar-refractivity contribution < 1.29 is 28.6 Å². The van der Waals surface area contributed by atoms with Gasteiger partial charge in [-0.2, -0.15) is 0 Å². The number of methoxy groups -OCH3 is 1. The van der Waals surface area contributed by atoms with Gasteiger partial charge < -0.3 is 14.3 Å². The summed E-state index contributed by atoms with van der Waals surface area (Å²) in [5, 5.41) is 11.7. The summed E-state index contributed by atoms with van der Waals surface area (Å²) < 4.78 is 11.1. The second kappa shape index (κ2) is 8.71. The molecular weight excluding hydrogens is 444 g/mol. The lowest BCUT2D eigenvalue weighted by atomic mass is 10.0. The fraction of sp³-hybridized carbons (Fsp3) is 0.0833. The Morgan fingerprint density at radius 2 is 1.91 bits per heavy atom. The number of aryl methyl sites for hydroxylation is 1. The molecule has 0 spiro atoms. The summed E-state index contributed by atoms with van der Waals surface area (Å²) in [5.41, 5.74) is 1.74. The minimum atomic E-state index is -1.05. The normalized spacial score (nSPS) is 15.0. The third kappa shape index (κ3) is 4.13. The van der Waals surface area contributed by atoms with Crippen LogP contribution in [-0.4, -0.2) is 35.1 Å². The Morgan fingerprint density at radius 1 is 1.15 bits per heavy atom. The number of nitrogens with zero attached hydrogens (tertiary/aromatic N) is 1. The molecule has 1 saturated heterocycles. The first-order valence-electron chi connectivity index (χ1n) is 9.78. The monoisotopic (exact) mass is 462 g/mol. The van der Waals surface area contributed by atoms with Crippen molar-refractivity contribution in [2.75, 3.05) is 12.0 Å². The Bertz CT molecular complexity index is 1340. The number of amides is 2. The number of anilines is 1. The van der Waals surface area contributed by atoms with E-state index in [9.17, 15) is 19.5 Å². The summed E-state index contributed by atoms with van der Waals surface area (Å²) in [6.07, 6.45) is 1.32. The molecule has 2 aromatic carbocycles. The Labute approximate surface area is 194 Å². The lowest BCUT2D eigenvalue weighted by molar-refractivity contribution is -0.122. The average Bonchev–Trinajstić information content (AvgIpc) is 3.25. The lowest BCUT2D eigenvalue weighted by Gasteiger charge is -2.29. The molecule has 0 aliphatic carbocycles. The third-order valence-corrected chi connectivity index (χ3v) is 5.38. The van der Waals surface area contributed by atoms with E-state index in [1.54, 1.807) is 42.5 Å². The van der Waals surface area contributed by atoms with E-state index in [-0.39, 0.29) is 22.0 Å². The molecule has 3 aromatic rings. The molecule has 1 aliphatic rings. The van der Waals surface area contributed by atoms with Gasteiger partial charge in [-0.15, -0.1) is 0 Å². The quantitative estimate of drug-likeness (QED) is 0.337. The highest BCUT2D eigenvalue weighted by molar-refractivity contribution is 7.80. The number of carboxylic acids is 1. The zero-order valence-electron chi connectivity index (χ0n) is 17.6. The minimum absolute atomic E-state index is 0.0621. The fourth-order valence-corrected chi connectivity index (χ4v) is 3.70. The summed E-state index contributed by atoms with van der Waals surface area (Å²) in [6.45, 7) is 1.83. The van der Waals surface area contributed by atoms with Gasteiger partial charge in [-0.05, 0) is 67.2 Å². The third-order valence-electron chi connectivity index (χ3n) is 5.09. The molecule has 1 fully saturated rings. The number of para-hydroxylation sites is 2. The minimum Gasteiger partial charge on any atom is -0.495 e. The zero-order valence-corrected chi connectivity index (χ0v) is 18.4. The molecular formula is C24H18N2O6S. The SMILES string of the molecule is COc1ccccc1N1C(=O)/C(=C\c2ccc(-c3cc(C(=O)O)ccc3C)o2)C(=O)NC1=S. The van der Waals surface area contributed by atoms with Crippen LogP contribution in [0.5, 0.6) is 5.75 Å². The second-order valence-electron chi connectivity index (χ2n) is 7.17. The molecule has 2 amide bonds. The number of carbonyl (C=O) groups is 3. The fourth-order valence-electron chi connectivity index (χ4n) is 3.43. The number of benzene rings is 2. The maximum Gasteiger partial charge on any atom is 0.335 e. The first-order chi connectivity index (χ1) is 15.8. The van der Waals surface area contributed by atoms with Crippen molar-refractivity contribution in [1.29, 1.82) is 0 Å². The van der Waals surface area contributed by atoms with E-state index >= 15 is 0 Å². The van der Waals surface area contributed by atoms with Crippen LogP contribution in [0.15, 0.2) is 64.6 Å². The van der Waals surface area contributed by atoms with Crippen LogP contribution in [0.4, 0.5) is 5.69 Å². The number of hydrogen-bond donors (Lipinski definition) is 2. The Kier molecular flexibility index (Phi) is 5.80. The molecule has 0 bridgehead atoms. The number of nitrogens with one attached hydrogen (secondary N) is 1. The molecule has 0 saturated carbocycles. The van der Waals surface area contributed by atoms with Crippen molar-refractivity contribution >= 4 is 46.9 Å². The van der Waals surface area contributed by atoms with E-state index in [1.807, 2.05) is 6.92 Å². The van der Waals surface area contributed by atoms with Crippen LogP contribution in [0, 0.1) is 6.92 Å². The van der Waals surface area contributed by atoms with Gasteiger partial charge in [0.05, 0.1) is 18.4 Å². The Hall–Kier alpha value is -4.24. The Balaban J connectivity index is 1.71. The van der Waals surface area contributed by atoms with Crippen LogP contribution in [-0.2, 0) is 9.59 Å². The van der Waals surface area contributed by atoms with Gasteiger partial charge in [0.2, 0.25) is 0 Å². The largest absolute Gasteiger partial charge is 0.495 e. The number of carboxylic acid groups (broad SMARTS) is 1. The molecule has 0 unspecified atom stereocenters. The predicted octanol–water partition coefficient (Wildman–Crippen LogP) is 3.79. The molecule has 1 aromatic heterocycles. The van der Waals surface area contributed by atoms with Crippen LogP contribution >= 0.6 is 12.2 Å². The highest BCUT2D eigenvalue weighted by Gasteiger charge is 2.36. The van der Waals surface area contributed by atoms with Crippen molar-refractivity contribution in [3.05, 3.63) is 77.1 Å². The van der Waals surface area contributed by atoms with E-state index in [0.29, 0.717) is 22.8 Å². The highest BCUT2D eigenvalue weighted by Crippen LogP contribution is 2.32. The van der Waals surface area contributed by atoms with Gasteiger partial charge >= 0.3 is 5.97 Å². The number of ether oxygens (including phenoxy) is 1. The molecule has 0 radical (unpaired) electrons. The predicted molar refractivity (Wildman–Crippen MR) is 125 cm³/mol. The van der Waals surface area contributed by atoms with E-state index < -0.39 is 17.8 Å². The van der Waals surface area contributed by atoms with Crippen LogP contribution in [0.2, 0.25) is 0 Å². The Morgan fingerprint density at radius 3 is 2.64 bits per heavy atom. The topological polar surface area (TPSA) is 109 Å². The number of furan rings is 1. The molecule has 2 N–H and O–H groups in total. The van der Waals surface area contributed by atoms with Crippen LogP contribution in [0.1, 0.15) is 21.7 Å². The highest BCUT2D eigenvalue weighted by atomic mass is 32.1. The van der Waals surface area contributed by atoms with Gasteiger partial charge in [0.25, 0.3) is 11.8 Å². The molecule has 2 heterocycles. The van der Waals surface area contributed by atoms with Crippen LogP contribution < -0.4 is 15.0 Å². The first-order valence-corrected chi connectivity index (χ1v) is 10.2. The van der Waals surface area contributed by atoms with E-state index in [1.165, 1.54) is 30.2 Å². The second-order valence-corrected chi connectivity index (χ2v) is 7.55. The summed E-state index contributed by atoms with van der Waals surface area (Å²) >= 11 is 5.22. The number of aromatic carboxylic acids is 1. The van der Waals surface area contributed by atoms with E-state index in [4.69, 9.17) is 21.4 Å². The zero-order chi connectivity index (χ0) is 23.7. The smallest absolute Gasteiger partial charge is 0.335 e. The van der Waals surface area contributed by atoms with Crippen molar-refractivity contribution in [3.8, 4) is 17.1 Å². The maximum absolute atomic E-state index is 13.2. The lowest BCUT2D eigenvalue weighted by Crippen LogP contribution is -2.54. The number of hydrogen-bond acceptors (Lipinski definition) is 6. The van der Waals surface area contributed by atoms with Crippen molar-refractivity contribution in [3.63, 3.8) is 0 Å². The molecule has 1 aliphatic heterocycles. The number of rotatable bonds is 5. The van der Waals surface area contributed by atoms with Crippen molar-refractivity contribution in [2.24, 2.45) is 0 Å². The van der Waals surface area contributed by atoms with Gasteiger partial charge in [0, 0.05) is 5.56 Å². The number of thiocarbonyl (C=S) groups is 1. The standard InChI is InChI=1S/C24H18N2O6S/c1-13-7-8-14(23(29)30)11-16(13)19-10-9-15(32-19)12-17-21(27)25-24(33)26(22(17)28)18-5-3-4-6-20(18)31-2/h3-12H,1-2H3,(H,29,30)(H,25,27,33)/b17-12-. The van der Waals surface area contributed by atoms with Crippen molar-refractivity contribution in [2.45, 2.75) is 6.92 Å². The van der Waals surface area contributed by atoms with Gasteiger partial charge in [-0.1, -0.05) is 18.2 Å². The van der Waals surface area contributed by atoms with Gasteiger partial charge in [-0.25, -0.2) is 9.69 Å². The van der Waals surface area contributed by atoms with E-state index in [2.05, 4.69) is 5.32 Å². The van der Waals surface area contributed by atoms with Gasteiger partial charge in [0.15, 0.2) is 5.11 Å². The molecule has 9 heteroatoms. The molecule has 0 atom stereocenters. The number of carbonyl (C=O) groups excluding carboxylic acids is 2. The summed E-state index contributed by atoms with van der Waals surface area (Å²) in [7, 11) is 1.47. The molecule has 33 heavy (non-hydrogen) atoms. The molecule has 4 rings (SSSR count). The average molecular weight is 462 g/mol. The summed E-state index contributed by atoms with van der Waals surface area (Å²) in [6, 6.07) is 14.7.